The lowest BCUT2D eigenvalue weighted by Gasteiger charge is -2.20. The van der Waals surface area contributed by atoms with Gasteiger partial charge >= 0.3 is 0 Å². The van der Waals surface area contributed by atoms with Gasteiger partial charge in [0, 0.05) is 9.50 Å². The van der Waals surface area contributed by atoms with E-state index in [9.17, 15) is 4.79 Å². The molecule has 1 amide bonds. The zero-order chi connectivity index (χ0) is 16.4. The highest BCUT2D eigenvalue weighted by Crippen LogP contribution is 2.36. The highest BCUT2D eigenvalue weighted by Gasteiger charge is 2.17. The molecule has 1 aliphatic heterocycles. The average molecular weight is 417 g/mol. The van der Waals surface area contributed by atoms with Crippen LogP contribution in [0.25, 0.3) is 0 Å². The Bertz CT molecular complexity index is 767. The first-order chi connectivity index (χ1) is 11.0. The summed E-state index contributed by atoms with van der Waals surface area (Å²) >= 11 is 15.4. The predicted molar refractivity (Wildman–Crippen MR) is 93.9 cm³/mol. The number of anilines is 1. The van der Waals surface area contributed by atoms with Crippen molar-refractivity contribution < 1.29 is 14.3 Å². The number of hydrogen-bond acceptors (Lipinski definition) is 3. The topological polar surface area (TPSA) is 47.6 Å². The van der Waals surface area contributed by atoms with Crippen LogP contribution in [0.3, 0.4) is 0 Å². The molecule has 0 radical (unpaired) electrons. The van der Waals surface area contributed by atoms with Crippen molar-refractivity contribution in [3.05, 3.63) is 50.4 Å². The van der Waals surface area contributed by atoms with Gasteiger partial charge in [-0.2, -0.15) is 0 Å². The van der Waals surface area contributed by atoms with Crippen molar-refractivity contribution >= 4 is 50.7 Å². The molecular weight excluding hydrogens is 405 g/mol. The smallest absolute Gasteiger partial charge is 0.228 e. The van der Waals surface area contributed by atoms with Crippen LogP contribution in [0.2, 0.25) is 10.0 Å². The third-order valence-corrected chi connectivity index (χ3v) is 4.57. The van der Waals surface area contributed by atoms with Crippen LogP contribution in [0.15, 0.2) is 34.8 Å². The summed E-state index contributed by atoms with van der Waals surface area (Å²) in [5.41, 5.74) is 1.28. The third kappa shape index (κ3) is 3.91. The molecule has 2 aromatic carbocycles. The number of rotatable bonds is 3. The molecule has 0 saturated carbocycles. The zero-order valence-corrected chi connectivity index (χ0v) is 15.0. The number of amides is 1. The first kappa shape index (κ1) is 16.4. The van der Waals surface area contributed by atoms with Gasteiger partial charge < -0.3 is 14.8 Å². The van der Waals surface area contributed by atoms with Crippen LogP contribution in [-0.4, -0.2) is 19.1 Å². The van der Waals surface area contributed by atoms with Crippen LogP contribution >= 0.6 is 39.1 Å². The Hall–Kier alpha value is -1.43. The zero-order valence-electron chi connectivity index (χ0n) is 11.9. The van der Waals surface area contributed by atoms with Crippen LogP contribution < -0.4 is 14.8 Å². The Kier molecular flexibility index (Phi) is 4.99. The van der Waals surface area contributed by atoms with Gasteiger partial charge in [0.25, 0.3) is 0 Å². The van der Waals surface area contributed by atoms with Gasteiger partial charge in [0.15, 0.2) is 11.5 Å². The maximum Gasteiger partial charge on any atom is 0.228 e. The highest BCUT2D eigenvalue weighted by molar-refractivity contribution is 9.10. The molecule has 0 aromatic heterocycles. The molecule has 2 aromatic rings. The predicted octanol–water partition coefficient (Wildman–Crippen LogP) is 4.71. The summed E-state index contributed by atoms with van der Waals surface area (Å²) in [7, 11) is 0. The van der Waals surface area contributed by atoms with Gasteiger partial charge in [0.2, 0.25) is 5.91 Å². The summed E-state index contributed by atoms with van der Waals surface area (Å²) in [4.78, 5) is 12.3. The standard InChI is InChI=1S/C16H12BrCl2NO3/c17-11-8-15-14(22-3-4-23-15)5-9(11)6-16(21)20-13-7-10(18)1-2-12(13)19/h1-2,5,7-8H,3-4,6H2,(H,20,21). The molecule has 0 spiro atoms. The lowest BCUT2D eigenvalue weighted by molar-refractivity contribution is -0.115. The van der Waals surface area contributed by atoms with Crippen molar-refractivity contribution in [1.29, 1.82) is 0 Å². The second kappa shape index (κ2) is 6.99. The van der Waals surface area contributed by atoms with E-state index >= 15 is 0 Å². The third-order valence-electron chi connectivity index (χ3n) is 3.26. The molecule has 3 rings (SSSR count). The fraction of sp³-hybridized carbons (Fsp3) is 0.188. The summed E-state index contributed by atoms with van der Waals surface area (Å²) in [5.74, 6) is 1.11. The molecule has 0 fully saturated rings. The van der Waals surface area contributed by atoms with E-state index in [2.05, 4.69) is 21.2 Å². The number of nitrogens with one attached hydrogen (secondary N) is 1. The first-order valence-electron chi connectivity index (χ1n) is 6.86. The SMILES string of the molecule is O=C(Cc1cc2c(cc1Br)OCCO2)Nc1cc(Cl)ccc1Cl. The Morgan fingerprint density at radius 1 is 1.13 bits per heavy atom. The molecule has 0 aliphatic carbocycles. The summed E-state index contributed by atoms with van der Waals surface area (Å²) < 4.78 is 11.8. The lowest BCUT2D eigenvalue weighted by atomic mass is 10.1. The molecule has 4 nitrogen and oxygen atoms in total. The molecule has 1 N–H and O–H groups in total. The molecule has 23 heavy (non-hydrogen) atoms. The van der Waals surface area contributed by atoms with Gasteiger partial charge in [0.05, 0.1) is 17.1 Å². The van der Waals surface area contributed by atoms with Crippen molar-refractivity contribution in [1.82, 2.24) is 0 Å². The molecule has 0 bridgehead atoms. The fourth-order valence-electron chi connectivity index (χ4n) is 2.20. The Labute approximate surface area is 151 Å². The normalized spacial score (nSPS) is 12.8. The molecular formula is C16H12BrCl2NO3. The quantitative estimate of drug-likeness (QED) is 0.788. The molecule has 7 heteroatoms. The van der Waals surface area contributed by atoms with Crippen molar-refractivity contribution in [2.75, 3.05) is 18.5 Å². The van der Waals surface area contributed by atoms with Crippen LogP contribution in [0.4, 0.5) is 5.69 Å². The summed E-state index contributed by atoms with van der Waals surface area (Å²) in [6.07, 6.45) is 0.167. The van der Waals surface area contributed by atoms with Gasteiger partial charge in [-0.15, -0.1) is 0 Å². The van der Waals surface area contributed by atoms with E-state index in [0.29, 0.717) is 40.4 Å². The lowest BCUT2D eigenvalue weighted by Crippen LogP contribution is -2.17. The summed E-state index contributed by atoms with van der Waals surface area (Å²) in [5, 5.41) is 3.70. The Morgan fingerprint density at radius 2 is 1.83 bits per heavy atom. The van der Waals surface area contributed by atoms with E-state index in [1.165, 1.54) is 0 Å². The minimum absolute atomic E-state index is 0.167. The van der Waals surface area contributed by atoms with Crippen molar-refractivity contribution in [3.63, 3.8) is 0 Å². The molecule has 120 valence electrons. The van der Waals surface area contributed by atoms with E-state index in [1.807, 2.05) is 6.07 Å². The number of ether oxygens (including phenoxy) is 2. The second-order valence-corrected chi connectivity index (χ2v) is 6.63. The number of benzene rings is 2. The number of hydrogen-bond donors (Lipinski definition) is 1. The molecule has 1 aliphatic rings. The van der Waals surface area contributed by atoms with Crippen molar-refractivity contribution in [3.8, 4) is 11.5 Å². The van der Waals surface area contributed by atoms with E-state index in [1.54, 1.807) is 24.3 Å². The number of fused-ring (bicyclic) bond motifs is 1. The molecule has 1 heterocycles. The molecule has 0 atom stereocenters. The van der Waals surface area contributed by atoms with Crippen LogP contribution in [0.5, 0.6) is 11.5 Å². The number of halogens is 3. The van der Waals surface area contributed by atoms with E-state index in [0.717, 1.165) is 10.0 Å². The van der Waals surface area contributed by atoms with Gasteiger partial charge in [0.1, 0.15) is 13.2 Å². The monoisotopic (exact) mass is 415 g/mol. The Morgan fingerprint density at radius 3 is 2.57 bits per heavy atom. The van der Waals surface area contributed by atoms with Gasteiger partial charge in [-0.05, 0) is 35.9 Å². The van der Waals surface area contributed by atoms with Crippen LogP contribution in [0.1, 0.15) is 5.56 Å². The summed E-state index contributed by atoms with van der Waals surface area (Å²) in [6, 6.07) is 8.53. The minimum atomic E-state index is -0.202. The number of carbonyl (C=O) groups excluding carboxylic acids is 1. The van der Waals surface area contributed by atoms with E-state index in [4.69, 9.17) is 32.7 Å². The van der Waals surface area contributed by atoms with Gasteiger partial charge in [-0.25, -0.2) is 0 Å². The van der Waals surface area contributed by atoms with Crippen LogP contribution in [-0.2, 0) is 11.2 Å². The van der Waals surface area contributed by atoms with Crippen molar-refractivity contribution in [2.24, 2.45) is 0 Å². The molecule has 0 saturated heterocycles. The van der Waals surface area contributed by atoms with E-state index < -0.39 is 0 Å². The van der Waals surface area contributed by atoms with E-state index in [-0.39, 0.29) is 12.3 Å². The largest absolute Gasteiger partial charge is 0.486 e. The van der Waals surface area contributed by atoms with Crippen molar-refractivity contribution in [2.45, 2.75) is 6.42 Å². The fourth-order valence-corrected chi connectivity index (χ4v) is 3.00. The maximum absolute atomic E-state index is 12.3. The second-order valence-electron chi connectivity index (χ2n) is 4.94. The Balaban J connectivity index is 1.76. The maximum atomic E-state index is 12.3. The average Bonchev–Trinajstić information content (AvgIpc) is 2.51. The molecule has 0 unspecified atom stereocenters. The first-order valence-corrected chi connectivity index (χ1v) is 8.41. The van der Waals surface area contributed by atoms with Crippen LogP contribution in [0, 0.1) is 0 Å². The summed E-state index contributed by atoms with van der Waals surface area (Å²) in [6.45, 7) is 1.02. The van der Waals surface area contributed by atoms with Gasteiger partial charge in [-0.3, -0.25) is 4.79 Å². The minimum Gasteiger partial charge on any atom is -0.486 e. The highest BCUT2D eigenvalue weighted by atomic mass is 79.9. The number of carbonyl (C=O) groups is 1. The van der Waals surface area contributed by atoms with Gasteiger partial charge in [-0.1, -0.05) is 39.1 Å².